The number of aryl methyl sites for hydroxylation is 3. The van der Waals surface area contributed by atoms with Gasteiger partial charge in [0.25, 0.3) is 0 Å². The molecular weight excluding hydrogens is 370 g/mol. The van der Waals surface area contributed by atoms with Crippen molar-refractivity contribution in [2.75, 3.05) is 0 Å². The molecule has 0 aliphatic carbocycles. The van der Waals surface area contributed by atoms with E-state index in [4.69, 9.17) is 5.41 Å². The van der Waals surface area contributed by atoms with Crippen LogP contribution in [0.5, 0.6) is 0 Å². The number of aromatic nitrogens is 1. The van der Waals surface area contributed by atoms with Crippen LogP contribution in [0, 0.1) is 19.3 Å². The summed E-state index contributed by atoms with van der Waals surface area (Å²) in [5, 5.41) is 12.0. The molecule has 3 aromatic rings. The molecule has 0 unspecified atom stereocenters. The van der Waals surface area contributed by atoms with E-state index in [1.807, 2.05) is 24.3 Å². The van der Waals surface area contributed by atoms with Gasteiger partial charge in [-0.2, -0.15) is 0 Å². The molecular formula is C26H39N3O. The summed E-state index contributed by atoms with van der Waals surface area (Å²) >= 11 is 0. The normalized spacial score (nSPS) is 10.6. The molecule has 1 heterocycles. The lowest BCUT2D eigenvalue weighted by atomic mass is 10.1. The second-order valence-corrected chi connectivity index (χ2v) is 7.94. The quantitative estimate of drug-likeness (QED) is 0.302. The second kappa shape index (κ2) is 10.8. The first kappa shape index (κ1) is 23.4. The van der Waals surface area contributed by atoms with Crippen LogP contribution >= 0.6 is 0 Å². The van der Waals surface area contributed by atoms with Gasteiger partial charge in [-0.05, 0) is 74.1 Å². The van der Waals surface area contributed by atoms with Crippen LogP contribution < -0.4 is 5.32 Å². The van der Waals surface area contributed by atoms with E-state index < -0.39 is 0 Å². The van der Waals surface area contributed by atoms with Gasteiger partial charge >= 0.3 is 0 Å². The molecule has 1 aromatic heterocycles. The fraction of sp³-hybridized carbons (Fsp3) is 0.385. The Morgan fingerprint density at radius 1 is 1.10 bits per heavy atom. The van der Waals surface area contributed by atoms with Crippen LogP contribution in [0.2, 0.25) is 0 Å². The first-order valence-electron chi connectivity index (χ1n) is 10.4. The van der Waals surface area contributed by atoms with E-state index >= 15 is 0 Å². The van der Waals surface area contributed by atoms with Crippen LogP contribution in [-0.4, -0.2) is 16.2 Å². The molecule has 0 bridgehead atoms. The van der Waals surface area contributed by atoms with Crippen molar-refractivity contribution in [3.63, 3.8) is 0 Å². The van der Waals surface area contributed by atoms with Gasteiger partial charge in [-0.25, -0.2) is 0 Å². The number of rotatable bonds is 9. The van der Waals surface area contributed by atoms with Gasteiger partial charge in [-0.1, -0.05) is 38.1 Å². The van der Waals surface area contributed by atoms with Crippen molar-refractivity contribution in [2.45, 2.75) is 67.0 Å². The molecule has 0 fully saturated rings. The summed E-state index contributed by atoms with van der Waals surface area (Å²) in [4.78, 5) is 12.1. The second-order valence-electron chi connectivity index (χ2n) is 7.94. The first-order valence-corrected chi connectivity index (χ1v) is 10.4. The summed E-state index contributed by atoms with van der Waals surface area (Å²) in [7, 11) is 0. The molecule has 3 rings (SSSR count). The van der Waals surface area contributed by atoms with E-state index in [0.29, 0.717) is 18.7 Å². The summed E-state index contributed by atoms with van der Waals surface area (Å²) in [6.07, 6.45) is 5.76. The molecule has 0 saturated heterocycles. The molecule has 0 aliphatic heterocycles. The molecule has 0 atom stereocenters. The summed E-state index contributed by atoms with van der Waals surface area (Å²) in [6.45, 7) is 7.60. The van der Waals surface area contributed by atoms with Crippen molar-refractivity contribution in [1.29, 1.82) is 5.41 Å². The highest BCUT2D eigenvalue weighted by atomic mass is 16.1. The molecule has 0 radical (unpaired) electrons. The minimum atomic E-state index is 0. The fourth-order valence-electron chi connectivity index (χ4n) is 3.80. The number of unbranched alkanes of at least 4 members (excludes halogenated alkanes) is 2. The molecule has 0 spiro atoms. The third-order valence-corrected chi connectivity index (χ3v) is 5.39. The zero-order valence-corrected chi connectivity index (χ0v) is 17.7. The lowest BCUT2D eigenvalue weighted by Gasteiger charge is -2.08. The average Bonchev–Trinajstić information content (AvgIpc) is 3.09. The van der Waals surface area contributed by atoms with Gasteiger partial charge in [0, 0.05) is 45.2 Å². The van der Waals surface area contributed by atoms with Gasteiger partial charge in [-0.3, -0.25) is 4.79 Å². The van der Waals surface area contributed by atoms with Crippen LogP contribution in [0.3, 0.4) is 0 Å². The SMILES string of the molecule is C.CC(=N)c1cccc(CNC(=O)CCCCCn2ccc3c(C)cc(C)cc32)c1.[HH].[HH]. The Morgan fingerprint density at radius 2 is 1.90 bits per heavy atom. The Morgan fingerprint density at radius 3 is 2.67 bits per heavy atom. The maximum atomic E-state index is 12.1. The molecule has 0 aliphatic rings. The lowest BCUT2D eigenvalue weighted by Crippen LogP contribution is -2.22. The molecule has 1 amide bonds. The number of nitrogens with one attached hydrogen (secondary N) is 2. The lowest BCUT2D eigenvalue weighted by molar-refractivity contribution is -0.121. The third-order valence-electron chi connectivity index (χ3n) is 5.39. The van der Waals surface area contributed by atoms with Crippen LogP contribution in [0.15, 0.2) is 48.7 Å². The number of amides is 1. The molecule has 2 N–H and O–H groups in total. The molecule has 4 heteroatoms. The van der Waals surface area contributed by atoms with Crippen molar-refractivity contribution >= 4 is 22.5 Å². The van der Waals surface area contributed by atoms with E-state index in [1.54, 1.807) is 6.92 Å². The summed E-state index contributed by atoms with van der Waals surface area (Å²) < 4.78 is 2.33. The average molecular weight is 410 g/mol. The third kappa shape index (κ3) is 6.06. The molecule has 2 aromatic carbocycles. The highest BCUT2D eigenvalue weighted by Gasteiger charge is 2.06. The number of benzene rings is 2. The van der Waals surface area contributed by atoms with Crippen molar-refractivity contribution < 1.29 is 7.65 Å². The Bertz CT molecular complexity index is 1030. The highest BCUT2D eigenvalue weighted by Crippen LogP contribution is 2.22. The molecule has 0 saturated carbocycles. The minimum absolute atomic E-state index is 0. The highest BCUT2D eigenvalue weighted by molar-refractivity contribution is 5.96. The van der Waals surface area contributed by atoms with E-state index in [2.05, 4.69) is 48.1 Å². The number of carbonyl (C=O) groups is 1. The van der Waals surface area contributed by atoms with E-state index in [0.717, 1.165) is 36.9 Å². The number of fused-ring (bicyclic) bond motifs is 1. The van der Waals surface area contributed by atoms with E-state index in [1.165, 1.54) is 22.0 Å². The number of nitrogens with zero attached hydrogens (tertiary/aromatic N) is 1. The van der Waals surface area contributed by atoms with Crippen LogP contribution in [0.1, 0.15) is 65.1 Å². The zero-order valence-electron chi connectivity index (χ0n) is 17.7. The van der Waals surface area contributed by atoms with Gasteiger partial charge in [-0.15, -0.1) is 0 Å². The number of hydrogen-bond donors (Lipinski definition) is 2. The van der Waals surface area contributed by atoms with Crippen molar-refractivity contribution in [3.05, 3.63) is 70.9 Å². The first-order chi connectivity index (χ1) is 13.9. The van der Waals surface area contributed by atoms with Crippen molar-refractivity contribution in [3.8, 4) is 0 Å². The summed E-state index contributed by atoms with van der Waals surface area (Å²) in [5.41, 5.74) is 6.42. The smallest absolute Gasteiger partial charge is 0.220 e. The Balaban J connectivity index is 0.00000320. The molecule has 30 heavy (non-hydrogen) atoms. The fourth-order valence-corrected chi connectivity index (χ4v) is 3.80. The summed E-state index contributed by atoms with van der Waals surface area (Å²) in [5.74, 6) is 0.0969. The zero-order chi connectivity index (χ0) is 20.8. The van der Waals surface area contributed by atoms with Crippen molar-refractivity contribution in [2.24, 2.45) is 0 Å². The summed E-state index contributed by atoms with van der Waals surface area (Å²) in [6, 6.07) is 14.5. The van der Waals surface area contributed by atoms with Crippen LogP contribution in [-0.2, 0) is 17.9 Å². The van der Waals surface area contributed by atoms with Gasteiger partial charge in [0.05, 0.1) is 0 Å². The Labute approximate surface area is 183 Å². The maximum Gasteiger partial charge on any atom is 0.220 e. The topological polar surface area (TPSA) is 57.9 Å². The minimum Gasteiger partial charge on any atom is -0.352 e. The van der Waals surface area contributed by atoms with Gasteiger partial charge < -0.3 is 15.3 Å². The van der Waals surface area contributed by atoms with Crippen LogP contribution in [0.4, 0.5) is 0 Å². The van der Waals surface area contributed by atoms with Gasteiger partial charge in [0.15, 0.2) is 0 Å². The van der Waals surface area contributed by atoms with Gasteiger partial charge in [0.2, 0.25) is 5.91 Å². The Hall–Kier alpha value is -2.88. The number of hydrogen-bond acceptors (Lipinski definition) is 2. The van der Waals surface area contributed by atoms with Crippen molar-refractivity contribution in [1.82, 2.24) is 9.88 Å². The molecule has 164 valence electrons. The Kier molecular flexibility index (Phi) is 8.40. The standard InChI is InChI=1S/C25H31N3O.CH4.2H2/c1-18-14-19(2)23-11-13-28(24(23)15-18)12-6-4-5-10-25(29)27-17-21-8-7-9-22(16-21)20(3)26;;;/h7-9,11,13-16,26H,4-6,10,12,17H2,1-3H3,(H,27,29);1H4;2*1H. The predicted molar refractivity (Wildman–Crippen MR) is 132 cm³/mol. The molecule has 4 nitrogen and oxygen atoms in total. The van der Waals surface area contributed by atoms with Gasteiger partial charge in [0.1, 0.15) is 0 Å². The number of carbonyl (C=O) groups excluding carboxylic acids is 1. The predicted octanol–water partition coefficient (Wildman–Crippen LogP) is 6.65. The van der Waals surface area contributed by atoms with E-state index in [9.17, 15) is 4.79 Å². The van der Waals surface area contributed by atoms with E-state index in [-0.39, 0.29) is 16.2 Å². The maximum absolute atomic E-state index is 12.1. The monoisotopic (exact) mass is 409 g/mol. The van der Waals surface area contributed by atoms with Crippen LogP contribution in [0.25, 0.3) is 10.9 Å². The largest absolute Gasteiger partial charge is 0.352 e.